The van der Waals surface area contributed by atoms with Crippen LogP contribution in [-0.4, -0.2) is 32.1 Å². The van der Waals surface area contributed by atoms with Crippen molar-refractivity contribution in [2.45, 2.75) is 6.61 Å². The smallest absolute Gasteiger partial charge is 0.337 e. The average molecular weight is 327 g/mol. The molecule has 5 nitrogen and oxygen atoms in total. The van der Waals surface area contributed by atoms with Crippen LogP contribution in [0.25, 0.3) is 0 Å². The van der Waals surface area contributed by atoms with Gasteiger partial charge in [0.25, 0.3) is 0 Å². The van der Waals surface area contributed by atoms with Gasteiger partial charge in [0.1, 0.15) is 12.4 Å². The van der Waals surface area contributed by atoms with Crippen molar-refractivity contribution >= 4 is 5.97 Å². The van der Waals surface area contributed by atoms with E-state index in [1.165, 1.54) is 6.08 Å². The van der Waals surface area contributed by atoms with Crippen LogP contribution in [0.3, 0.4) is 0 Å². The lowest BCUT2D eigenvalue weighted by Crippen LogP contribution is -2.08. The van der Waals surface area contributed by atoms with Gasteiger partial charge >= 0.3 is 5.97 Å². The summed E-state index contributed by atoms with van der Waals surface area (Å²) in [6.07, 6.45) is 2.98. The van der Waals surface area contributed by atoms with E-state index in [1.54, 1.807) is 36.4 Å². The van der Waals surface area contributed by atoms with Gasteiger partial charge in [0.2, 0.25) is 0 Å². The molecule has 2 aromatic rings. The summed E-state index contributed by atoms with van der Waals surface area (Å²) in [5.74, 6) is 1.04. The van der Waals surface area contributed by atoms with Crippen LogP contribution in [0.4, 0.5) is 0 Å². The lowest BCUT2D eigenvalue weighted by Gasteiger charge is -2.12. The number of ether oxygens (including phenoxy) is 3. The highest BCUT2D eigenvalue weighted by Crippen LogP contribution is 2.32. The van der Waals surface area contributed by atoms with Gasteiger partial charge in [-0.05, 0) is 17.7 Å². The zero-order valence-corrected chi connectivity index (χ0v) is 14.1. The summed E-state index contributed by atoms with van der Waals surface area (Å²) in [5.41, 5.74) is 1.04. The number of nitrogens with zero attached hydrogens (tertiary/aromatic N) is 1. The minimum absolute atomic E-state index is 0.396. The fourth-order valence-electron chi connectivity index (χ4n) is 1.93. The molecular formula is C19H21NO4. The van der Waals surface area contributed by atoms with Crippen LogP contribution in [0.15, 0.2) is 60.8 Å². The minimum atomic E-state index is -0.456. The molecular weight excluding hydrogens is 306 g/mol. The van der Waals surface area contributed by atoms with Gasteiger partial charge in [-0.3, -0.25) is 0 Å². The summed E-state index contributed by atoms with van der Waals surface area (Å²) in [7, 11) is 5.22. The second-order valence-corrected chi connectivity index (χ2v) is 5.29. The molecule has 0 aliphatic heterocycles. The van der Waals surface area contributed by atoms with Crippen molar-refractivity contribution < 1.29 is 19.0 Å². The van der Waals surface area contributed by atoms with Crippen LogP contribution in [-0.2, 0) is 11.4 Å². The summed E-state index contributed by atoms with van der Waals surface area (Å²) >= 11 is 0. The van der Waals surface area contributed by atoms with Gasteiger partial charge in [0, 0.05) is 32.4 Å². The second kappa shape index (κ2) is 8.62. The molecule has 0 atom stereocenters. The summed E-state index contributed by atoms with van der Waals surface area (Å²) in [6, 6.07) is 14.8. The maximum Gasteiger partial charge on any atom is 0.337 e. The quantitative estimate of drug-likeness (QED) is 0.444. The van der Waals surface area contributed by atoms with Crippen molar-refractivity contribution in [3.63, 3.8) is 0 Å². The zero-order chi connectivity index (χ0) is 17.4. The third-order valence-corrected chi connectivity index (χ3v) is 3.10. The SMILES string of the molecule is COc1ccc(OC(=O)/C=C/N(C)C)cc1OCc1ccccc1. The summed E-state index contributed by atoms with van der Waals surface area (Å²) < 4.78 is 16.3. The monoisotopic (exact) mass is 327 g/mol. The molecule has 0 heterocycles. The first-order chi connectivity index (χ1) is 11.6. The molecule has 0 saturated carbocycles. The molecule has 0 aromatic heterocycles. The van der Waals surface area contributed by atoms with Gasteiger partial charge in [-0.1, -0.05) is 30.3 Å². The normalized spacial score (nSPS) is 10.5. The maximum atomic E-state index is 11.8. The van der Waals surface area contributed by atoms with E-state index in [0.717, 1.165) is 5.56 Å². The summed E-state index contributed by atoms with van der Waals surface area (Å²) in [5, 5.41) is 0. The molecule has 0 bridgehead atoms. The van der Waals surface area contributed by atoms with Crippen LogP contribution in [0.2, 0.25) is 0 Å². The van der Waals surface area contributed by atoms with Gasteiger partial charge < -0.3 is 19.1 Å². The number of benzene rings is 2. The highest BCUT2D eigenvalue weighted by atomic mass is 16.5. The number of carbonyl (C=O) groups is 1. The van der Waals surface area contributed by atoms with E-state index in [-0.39, 0.29) is 0 Å². The number of hydrogen-bond acceptors (Lipinski definition) is 5. The Morgan fingerprint density at radius 1 is 1.08 bits per heavy atom. The van der Waals surface area contributed by atoms with Crippen molar-refractivity contribution in [1.82, 2.24) is 4.90 Å². The Morgan fingerprint density at radius 3 is 2.50 bits per heavy atom. The van der Waals surface area contributed by atoms with E-state index in [2.05, 4.69) is 0 Å². The van der Waals surface area contributed by atoms with Gasteiger partial charge in [-0.2, -0.15) is 0 Å². The Kier molecular flexibility index (Phi) is 6.25. The van der Waals surface area contributed by atoms with Gasteiger partial charge in [0.05, 0.1) is 7.11 Å². The molecule has 0 radical (unpaired) electrons. The van der Waals surface area contributed by atoms with E-state index < -0.39 is 5.97 Å². The van der Waals surface area contributed by atoms with Gasteiger partial charge in [0.15, 0.2) is 11.5 Å². The molecule has 126 valence electrons. The molecule has 0 unspecified atom stereocenters. The van der Waals surface area contributed by atoms with E-state index in [0.29, 0.717) is 23.9 Å². The van der Waals surface area contributed by atoms with E-state index in [9.17, 15) is 4.79 Å². The first-order valence-corrected chi connectivity index (χ1v) is 7.49. The Balaban J connectivity index is 2.08. The van der Waals surface area contributed by atoms with Crippen LogP contribution < -0.4 is 14.2 Å². The third kappa shape index (κ3) is 5.35. The predicted octanol–water partition coefficient (Wildman–Crippen LogP) is 3.25. The standard InChI is InChI=1S/C19H21NO4/c1-20(2)12-11-19(21)24-16-9-10-17(22-3)18(13-16)23-14-15-7-5-4-6-8-15/h4-13H,14H2,1-3H3/b12-11+. The van der Waals surface area contributed by atoms with E-state index in [4.69, 9.17) is 14.2 Å². The fourth-order valence-corrected chi connectivity index (χ4v) is 1.93. The Morgan fingerprint density at radius 2 is 1.83 bits per heavy atom. The van der Waals surface area contributed by atoms with Crippen LogP contribution in [0.1, 0.15) is 5.56 Å². The highest BCUT2D eigenvalue weighted by Gasteiger charge is 2.09. The summed E-state index contributed by atoms with van der Waals surface area (Å²) in [4.78, 5) is 13.5. The van der Waals surface area contributed by atoms with Crippen molar-refractivity contribution in [3.05, 3.63) is 66.4 Å². The third-order valence-electron chi connectivity index (χ3n) is 3.10. The van der Waals surface area contributed by atoms with Crippen molar-refractivity contribution in [2.75, 3.05) is 21.2 Å². The second-order valence-electron chi connectivity index (χ2n) is 5.29. The molecule has 0 fully saturated rings. The first kappa shape index (κ1) is 17.4. The number of esters is 1. The lowest BCUT2D eigenvalue weighted by atomic mass is 10.2. The molecule has 2 aromatic carbocycles. The van der Waals surface area contributed by atoms with Crippen LogP contribution >= 0.6 is 0 Å². The number of carbonyl (C=O) groups excluding carboxylic acids is 1. The Hall–Kier alpha value is -2.95. The van der Waals surface area contributed by atoms with Crippen molar-refractivity contribution in [1.29, 1.82) is 0 Å². The largest absolute Gasteiger partial charge is 0.493 e. The van der Waals surface area contributed by atoms with E-state index in [1.807, 2.05) is 44.4 Å². The van der Waals surface area contributed by atoms with Crippen molar-refractivity contribution in [2.24, 2.45) is 0 Å². The highest BCUT2D eigenvalue weighted by molar-refractivity contribution is 5.84. The molecule has 24 heavy (non-hydrogen) atoms. The predicted molar refractivity (Wildman–Crippen MR) is 92.2 cm³/mol. The molecule has 0 aliphatic rings. The lowest BCUT2D eigenvalue weighted by molar-refractivity contribution is -0.129. The van der Waals surface area contributed by atoms with Crippen LogP contribution in [0, 0.1) is 0 Å². The maximum absolute atomic E-state index is 11.8. The van der Waals surface area contributed by atoms with E-state index >= 15 is 0 Å². The number of hydrogen-bond donors (Lipinski definition) is 0. The molecule has 2 rings (SSSR count). The number of methoxy groups -OCH3 is 1. The topological polar surface area (TPSA) is 48.0 Å². The molecule has 0 aliphatic carbocycles. The minimum Gasteiger partial charge on any atom is -0.493 e. The molecule has 0 N–H and O–H groups in total. The van der Waals surface area contributed by atoms with Crippen molar-refractivity contribution in [3.8, 4) is 17.2 Å². The van der Waals surface area contributed by atoms with Gasteiger partial charge in [-0.25, -0.2) is 4.79 Å². The first-order valence-electron chi connectivity index (χ1n) is 7.49. The molecule has 0 amide bonds. The Bertz CT molecular complexity index is 696. The zero-order valence-electron chi connectivity index (χ0n) is 14.1. The number of rotatable bonds is 7. The molecule has 5 heteroatoms. The Labute approximate surface area is 142 Å². The summed E-state index contributed by atoms with van der Waals surface area (Å²) in [6.45, 7) is 0.398. The molecule has 0 saturated heterocycles. The van der Waals surface area contributed by atoms with Crippen LogP contribution in [0.5, 0.6) is 17.2 Å². The molecule has 0 spiro atoms. The van der Waals surface area contributed by atoms with Gasteiger partial charge in [-0.15, -0.1) is 0 Å². The fraction of sp³-hybridized carbons (Fsp3) is 0.211. The average Bonchev–Trinajstić information content (AvgIpc) is 2.59.